The minimum atomic E-state index is -0.248. The smallest absolute Gasteiger partial charge is 0.238 e. The number of hydrazine groups is 1. The number of aromatic amines is 1. The molecule has 0 aliphatic carbocycles. The van der Waals surface area contributed by atoms with E-state index in [1.807, 2.05) is 42.6 Å². The monoisotopic (exact) mass is 368 g/mol. The summed E-state index contributed by atoms with van der Waals surface area (Å²) in [5, 5.41) is 4.95. The third-order valence-electron chi connectivity index (χ3n) is 4.84. The van der Waals surface area contributed by atoms with E-state index in [9.17, 15) is 4.79 Å². The summed E-state index contributed by atoms with van der Waals surface area (Å²) >= 11 is 6.05. The second kappa shape index (κ2) is 7.50. The normalized spacial score (nSPS) is 19.7. The molecular formula is C20H21ClN4O. The Kier molecular flexibility index (Phi) is 4.93. The number of hydrogen-bond donors (Lipinski definition) is 4. The second-order valence-electron chi connectivity index (χ2n) is 6.59. The van der Waals surface area contributed by atoms with Crippen LogP contribution in [0.15, 0.2) is 54.7 Å². The number of carbonyl (C=O) groups excluding carboxylic acids is 1. The molecule has 26 heavy (non-hydrogen) atoms. The molecule has 4 N–H and O–H groups in total. The molecule has 6 heteroatoms. The van der Waals surface area contributed by atoms with Gasteiger partial charge < -0.3 is 10.3 Å². The Labute approximate surface area is 157 Å². The predicted octanol–water partition coefficient (Wildman–Crippen LogP) is 3.09. The molecule has 5 nitrogen and oxygen atoms in total. The lowest BCUT2D eigenvalue weighted by Gasteiger charge is -2.11. The summed E-state index contributed by atoms with van der Waals surface area (Å²) in [4.78, 5) is 15.7. The summed E-state index contributed by atoms with van der Waals surface area (Å²) in [6.45, 7) is 0.612. The molecule has 1 aliphatic rings. The Morgan fingerprint density at radius 2 is 2.04 bits per heavy atom. The maximum atomic E-state index is 12.4. The number of aromatic nitrogens is 1. The number of hydrogen-bond acceptors (Lipinski definition) is 3. The number of halogens is 1. The van der Waals surface area contributed by atoms with Gasteiger partial charge in [-0.05, 0) is 42.2 Å². The van der Waals surface area contributed by atoms with Crippen molar-refractivity contribution in [2.24, 2.45) is 0 Å². The molecule has 0 bridgehead atoms. The summed E-state index contributed by atoms with van der Waals surface area (Å²) in [6.07, 6.45) is 3.51. The van der Waals surface area contributed by atoms with Crippen LogP contribution in [0.2, 0.25) is 5.02 Å². The number of amides is 1. The maximum Gasteiger partial charge on any atom is 0.238 e. The number of para-hydroxylation sites is 1. The molecule has 2 heterocycles. The molecular weight excluding hydrogens is 348 g/mol. The van der Waals surface area contributed by atoms with E-state index in [-0.39, 0.29) is 18.0 Å². The predicted molar refractivity (Wildman–Crippen MR) is 104 cm³/mol. The van der Waals surface area contributed by atoms with Crippen molar-refractivity contribution < 1.29 is 4.79 Å². The number of nitrogens with one attached hydrogen (secondary N) is 4. The first kappa shape index (κ1) is 17.1. The molecule has 0 radical (unpaired) electrons. The van der Waals surface area contributed by atoms with Gasteiger partial charge in [-0.25, -0.2) is 10.9 Å². The molecule has 2 atom stereocenters. The highest BCUT2D eigenvalue weighted by Crippen LogP contribution is 2.24. The van der Waals surface area contributed by atoms with Crippen molar-refractivity contribution in [1.82, 2.24) is 21.2 Å². The standard InChI is InChI=1S/C20H21ClN4O/c21-15-5-3-4-13(10-15)18-11-19(25-24-18)20(26)22-9-8-14-12-23-17-7-2-1-6-16(14)17/h1-7,10,12,18-19,23-25H,8-9,11H2,(H,22,26). The zero-order valence-electron chi connectivity index (χ0n) is 14.3. The average Bonchev–Trinajstić information content (AvgIpc) is 3.29. The largest absolute Gasteiger partial charge is 0.361 e. The lowest BCUT2D eigenvalue weighted by molar-refractivity contribution is -0.122. The summed E-state index contributed by atoms with van der Waals surface area (Å²) in [5.41, 5.74) is 9.70. The highest BCUT2D eigenvalue weighted by Gasteiger charge is 2.29. The van der Waals surface area contributed by atoms with Crippen LogP contribution in [0.3, 0.4) is 0 Å². The molecule has 0 saturated carbocycles. The van der Waals surface area contributed by atoms with Crippen LogP contribution in [0.4, 0.5) is 0 Å². The van der Waals surface area contributed by atoms with E-state index in [1.54, 1.807) is 0 Å². The number of H-pyrrole nitrogens is 1. The highest BCUT2D eigenvalue weighted by molar-refractivity contribution is 6.30. The molecule has 1 saturated heterocycles. The van der Waals surface area contributed by atoms with E-state index < -0.39 is 0 Å². The van der Waals surface area contributed by atoms with Crippen molar-refractivity contribution in [3.63, 3.8) is 0 Å². The van der Waals surface area contributed by atoms with E-state index in [0.29, 0.717) is 18.0 Å². The third kappa shape index (κ3) is 3.60. The Balaban J connectivity index is 1.30. The third-order valence-corrected chi connectivity index (χ3v) is 5.07. The van der Waals surface area contributed by atoms with Gasteiger partial charge in [0.2, 0.25) is 5.91 Å². The van der Waals surface area contributed by atoms with Crippen LogP contribution in [-0.2, 0) is 11.2 Å². The van der Waals surface area contributed by atoms with Crippen LogP contribution < -0.4 is 16.2 Å². The lowest BCUT2D eigenvalue weighted by Crippen LogP contribution is -2.43. The molecule has 134 valence electrons. The molecule has 1 fully saturated rings. The fraction of sp³-hybridized carbons (Fsp3) is 0.250. The molecule has 1 aliphatic heterocycles. The van der Waals surface area contributed by atoms with Gasteiger partial charge in [0.15, 0.2) is 0 Å². The summed E-state index contributed by atoms with van der Waals surface area (Å²) in [7, 11) is 0. The molecule has 1 amide bonds. The zero-order valence-corrected chi connectivity index (χ0v) is 15.0. The molecule has 4 rings (SSSR count). The van der Waals surface area contributed by atoms with Crippen molar-refractivity contribution in [3.8, 4) is 0 Å². The van der Waals surface area contributed by atoms with Crippen LogP contribution in [0, 0.1) is 0 Å². The summed E-state index contributed by atoms with van der Waals surface area (Å²) < 4.78 is 0. The summed E-state index contributed by atoms with van der Waals surface area (Å²) in [5.74, 6) is 0.0156. The fourth-order valence-corrected chi connectivity index (χ4v) is 3.65. The Hall–Kier alpha value is -2.34. The minimum absolute atomic E-state index is 0.0156. The molecule has 0 spiro atoms. The van der Waals surface area contributed by atoms with Crippen LogP contribution in [0.1, 0.15) is 23.6 Å². The Morgan fingerprint density at radius 1 is 1.15 bits per heavy atom. The Morgan fingerprint density at radius 3 is 2.92 bits per heavy atom. The van der Waals surface area contributed by atoms with E-state index >= 15 is 0 Å². The number of benzene rings is 2. The van der Waals surface area contributed by atoms with Gasteiger partial charge in [-0.3, -0.25) is 4.79 Å². The highest BCUT2D eigenvalue weighted by atomic mass is 35.5. The first-order valence-corrected chi connectivity index (χ1v) is 9.18. The molecule has 2 aromatic carbocycles. The maximum absolute atomic E-state index is 12.4. The van der Waals surface area contributed by atoms with Crippen molar-refractivity contribution in [3.05, 3.63) is 70.9 Å². The quantitative estimate of drug-likeness (QED) is 0.559. The van der Waals surface area contributed by atoms with Gasteiger partial charge in [0, 0.05) is 34.7 Å². The molecule has 3 aromatic rings. The minimum Gasteiger partial charge on any atom is -0.361 e. The van der Waals surface area contributed by atoms with Crippen LogP contribution in [0.5, 0.6) is 0 Å². The van der Waals surface area contributed by atoms with Crippen LogP contribution in [-0.4, -0.2) is 23.5 Å². The van der Waals surface area contributed by atoms with Crippen molar-refractivity contribution >= 4 is 28.4 Å². The Bertz CT molecular complexity index is 923. The SMILES string of the molecule is O=C(NCCc1c[nH]c2ccccc12)C1CC(c2cccc(Cl)c2)NN1. The van der Waals surface area contributed by atoms with Gasteiger partial charge in [-0.15, -0.1) is 0 Å². The lowest BCUT2D eigenvalue weighted by atomic mass is 10.0. The van der Waals surface area contributed by atoms with Crippen molar-refractivity contribution in [2.45, 2.75) is 24.9 Å². The first-order chi connectivity index (χ1) is 12.7. The van der Waals surface area contributed by atoms with Gasteiger partial charge >= 0.3 is 0 Å². The average molecular weight is 369 g/mol. The van der Waals surface area contributed by atoms with E-state index in [2.05, 4.69) is 33.3 Å². The van der Waals surface area contributed by atoms with Crippen molar-refractivity contribution in [1.29, 1.82) is 0 Å². The van der Waals surface area contributed by atoms with E-state index in [0.717, 1.165) is 17.5 Å². The zero-order chi connectivity index (χ0) is 17.9. The topological polar surface area (TPSA) is 69.0 Å². The van der Waals surface area contributed by atoms with Gasteiger partial charge in [0.25, 0.3) is 0 Å². The summed E-state index contributed by atoms with van der Waals surface area (Å²) in [6, 6.07) is 15.8. The van der Waals surface area contributed by atoms with E-state index in [1.165, 1.54) is 10.9 Å². The van der Waals surface area contributed by atoms with Gasteiger partial charge in [0.1, 0.15) is 6.04 Å². The van der Waals surface area contributed by atoms with Gasteiger partial charge in [-0.2, -0.15) is 0 Å². The molecule has 1 aromatic heterocycles. The van der Waals surface area contributed by atoms with Gasteiger partial charge in [-0.1, -0.05) is 41.9 Å². The van der Waals surface area contributed by atoms with E-state index in [4.69, 9.17) is 11.6 Å². The molecule has 2 unspecified atom stereocenters. The first-order valence-electron chi connectivity index (χ1n) is 8.80. The second-order valence-corrected chi connectivity index (χ2v) is 7.02. The van der Waals surface area contributed by atoms with Gasteiger partial charge in [0.05, 0.1) is 0 Å². The van der Waals surface area contributed by atoms with Crippen LogP contribution in [0.25, 0.3) is 10.9 Å². The van der Waals surface area contributed by atoms with Crippen LogP contribution >= 0.6 is 11.6 Å². The van der Waals surface area contributed by atoms with Crippen molar-refractivity contribution in [2.75, 3.05) is 6.54 Å². The fourth-order valence-electron chi connectivity index (χ4n) is 3.45. The number of carbonyl (C=O) groups is 1. The number of rotatable bonds is 5. The number of fused-ring (bicyclic) bond motifs is 1.